The summed E-state index contributed by atoms with van der Waals surface area (Å²) in [6, 6.07) is 3.75. The van der Waals surface area contributed by atoms with Crippen LogP contribution >= 0.6 is 0 Å². The molecule has 1 aromatic carbocycles. The van der Waals surface area contributed by atoms with E-state index in [9.17, 15) is 4.79 Å². The van der Waals surface area contributed by atoms with Gasteiger partial charge in [-0.05, 0) is 37.1 Å². The van der Waals surface area contributed by atoms with Crippen LogP contribution < -0.4 is 4.74 Å². The fraction of sp³-hybridized carbons (Fsp3) is 0.308. The molecule has 0 unspecified atom stereocenters. The highest BCUT2D eigenvalue weighted by Gasteiger charge is 2.03. The number of ether oxygens (including phenoxy) is 2. The SMILES string of the molecule is COC(=O)C#Cc1cc(C)c(OC)c(C)c1. The van der Waals surface area contributed by atoms with Crippen molar-refractivity contribution in [1.82, 2.24) is 0 Å². The van der Waals surface area contributed by atoms with Crippen molar-refractivity contribution in [2.45, 2.75) is 13.8 Å². The van der Waals surface area contributed by atoms with Crippen molar-refractivity contribution in [3.8, 4) is 17.6 Å². The molecule has 84 valence electrons. The summed E-state index contributed by atoms with van der Waals surface area (Å²) in [7, 11) is 2.94. The van der Waals surface area contributed by atoms with E-state index in [2.05, 4.69) is 16.6 Å². The smallest absolute Gasteiger partial charge is 0.384 e. The zero-order valence-electron chi connectivity index (χ0n) is 9.88. The lowest BCUT2D eigenvalue weighted by Crippen LogP contribution is -1.95. The summed E-state index contributed by atoms with van der Waals surface area (Å²) in [6.45, 7) is 3.88. The second-order valence-corrected chi connectivity index (χ2v) is 3.38. The average molecular weight is 218 g/mol. The number of carbonyl (C=O) groups excluding carboxylic acids is 1. The van der Waals surface area contributed by atoms with E-state index in [1.165, 1.54) is 7.11 Å². The normalized spacial score (nSPS) is 9.00. The fourth-order valence-electron chi connectivity index (χ4n) is 1.52. The van der Waals surface area contributed by atoms with Crippen LogP contribution in [0.1, 0.15) is 16.7 Å². The van der Waals surface area contributed by atoms with Crippen LogP contribution in [0.4, 0.5) is 0 Å². The van der Waals surface area contributed by atoms with Gasteiger partial charge in [0.1, 0.15) is 5.75 Å². The maximum Gasteiger partial charge on any atom is 0.384 e. The molecule has 0 aliphatic rings. The highest BCUT2D eigenvalue weighted by atomic mass is 16.5. The zero-order valence-corrected chi connectivity index (χ0v) is 9.88. The Morgan fingerprint density at radius 3 is 2.19 bits per heavy atom. The van der Waals surface area contributed by atoms with Gasteiger partial charge >= 0.3 is 5.97 Å². The quantitative estimate of drug-likeness (QED) is 0.533. The molecule has 0 bridgehead atoms. The summed E-state index contributed by atoms with van der Waals surface area (Å²) in [6.07, 6.45) is 0. The number of carbonyl (C=O) groups is 1. The van der Waals surface area contributed by atoms with Crippen LogP contribution in [-0.2, 0) is 9.53 Å². The van der Waals surface area contributed by atoms with Crippen molar-refractivity contribution in [3.05, 3.63) is 28.8 Å². The highest BCUT2D eigenvalue weighted by molar-refractivity contribution is 5.89. The fourth-order valence-corrected chi connectivity index (χ4v) is 1.52. The summed E-state index contributed by atoms with van der Waals surface area (Å²) >= 11 is 0. The molecule has 0 N–H and O–H groups in total. The average Bonchev–Trinajstić information content (AvgIpc) is 2.25. The third-order valence-corrected chi connectivity index (χ3v) is 2.16. The molecule has 0 aliphatic carbocycles. The van der Waals surface area contributed by atoms with Crippen molar-refractivity contribution in [2.75, 3.05) is 14.2 Å². The maximum absolute atomic E-state index is 10.9. The summed E-state index contributed by atoms with van der Waals surface area (Å²) < 4.78 is 9.68. The maximum atomic E-state index is 10.9. The first-order valence-electron chi connectivity index (χ1n) is 4.83. The minimum absolute atomic E-state index is 0.536. The van der Waals surface area contributed by atoms with Crippen LogP contribution in [0.25, 0.3) is 0 Å². The third-order valence-electron chi connectivity index (χ3n) is 2.16. The van der Waals surface area contributed by atoms with Crippen LogP contribution in [0.3, 0.4) is 0 Å². The first-order chi connectivity index (χ1) is 7.58. The molecule has 0 spiro atoms. The highest BCUT2D eigenvalue weighted by Crippen LogP contribution is 2.23. The van der Waals surface area contributed by atoms with E-state index < -0.39 is 5.97 Å². The first kappa shape index (κ1) is 12.1. The van der Waals surface area contributed by atoms with Gasteiger partial charge in [0.25, 0.3) is 0 Å². The van der Waals surface area contributed by atoms with Gasteiger partial charge in [0.2, 0.25) is 0 Å². The Morgan fingerprint density at radius 1 is 1.19 bits per heavy atom. The van der Waals surface area contributed by atoms with Crippen molar-refractivity contribution in [2.24, 2.45) is 0 Å². The lowest BCUT2D eigenvalue weighted by atomic mass is 10.1. The molecule has 1 aromatic rings. The van der Waals surface area contributed by atoms with Gasteiger partial charge in [-0.25, -0.2) is 4.79 Å². The molecule has 0 aliphatic heterocycles. The molecule has 3 nitrogen and oxygen atoms in total. The standard InChI is InChI=1S/C13H14O3/c1-9-7-11(5-6-12(14)15-3)8-10(2)13(9)16-4/h7-8H,1-4H3. The number of benzene rings is 1. The van der Waals surface area contributed by atoms with Gasteiger partial charge in [-0.1, -0.05) is 5.92 Å². The molecule has 0 saturated carbocycles. The van der Waals surface area contributed by atoms with Crippen molar-refractivity contribution in [1.29, 1.82) is 0 Å². The van der Waals surface area contributed by atoms with Crippen LogP contribution in [-0.4, -0.2) is 20.2 Å². The van der Waals surface area contributed by atoms with E-state index in [0.717, 1.165) is 22.4 Å². The molecular formula is C13H14O3. The Labute approximate surface area is 95.4 Å². The number of hydrogen-bond donors (Lipinski definition) is 0. The Kier molecular flexibility index (Phi) is 3.96. The van der Waals surface area contributed by atoms with Gasteiger partial charge in [0, 0.05) is 11.5 Å². The minimum Gasteiger partial charge on any atom is -0.496 e. The van der Waals surface area contributed by atoms with Gasteiger partial charge in [0.05, 0.1) is 14.2 Å². The molecular weight excluding hydrogens is 204 g/mol. The van der Waals surface area contributed by atoms with Gasteiger partial charge in [-0.3, -0.25) is 0 Å². The number of esters is 1. The van der Waals surface area contributed by atoms with E-state index in [1.54, 1.807) is 7.11 Å². The lowest BCUT2D eigenvalue weighted by Gasteiger charge is -2.08. The molecule has 1 rings (SSSR count). The van der Waals surface area contributed by atoms with Crippen LogP contribution in [0.2, 0.25) is 0 Å². The van der Waals surface area contributed by atoms with Crippen molar-refractivity contribution in [3.63, 3.8) is 0 Å². The second kappa shape index (κ2) is 5.22. The number of aryl methyl sites for hydroxylation is 2. The molecule has 0 heterocycles. The number of methoxy groups -OCH3 is 2. The van der Waals surface area contributed by atoms with Crippen LogP contribution in [0.15, 0.2) is 12.1 Å². The summed E-state index contributed by atoms with van der Waals surface area (Å²) in [4.78, 5) is 10.9. The molecule has 0 amide bonds. The second-order valence-electron chi connectivity index (χ2n) is 3.38. The third kappa shape index (κ3) is 2.77. The van der Waals surface area contributed by atoms with Crippen LogP contribution in [0.5, 0.6) is 5.75 Å². The lowest BCUT2D eigenvalue weighted by molar-refractivity contribution is -0.133. The first-order valence-corrected chi connectivity index (χ1v) is 4.83. The van der Waals surface area contributed by atoms with E-state index >= 15 is 0 Å². The van der Waals surface area contributed by atoms with E-state index in [0.29, 0.717) is 0 Å². The largest absolute Gasteiger partial charge is 0.496 e. The number of hydrogen-bond acceptors (Lipinski definition) is 3. The minimum atomic E-state index is -0.536. The monoisotopic (exact) mass is 218 g/mol. The Hall–Kier alpha value is -1.95. The molecule has 0 atom stereocenters. The van der Waals surface area contributed by atoms with Crippen molar-refractivity contribution < 1.29 is 14.3 Å². The summed E-state index contributed by atoms with van der Waals surface area (Å²) in [5.74, 6) is 5.45. The molecule has 0 saturated heterocycles. The summed E-state index contributed by atoms with van der Waals surface area (Å²) in [5.41, 5.74) is 2.77. The van der Waals surface area contributed by atoms with Gasteiger partial charge in [0.15, 0.2) is 0 Å². The van der Waals surface area contributed by atoms with Gasteiger partial charge in [-0.15, -0.1) is 0 Å². The Balaban J connectivity index is 3.08. The predicted molar refractivity (Wildman–Crippen MR) is 61.4 cm³/mol. The predicted octanol–water partition coefficient (Wildman–Crippen LogP) is 1.84. The molecule has 16 heavy (non-hydrogen) atoms. The summed E-state index contributed by atoms with van der Waals surface area (Å²) in [5, 5.41) is 0. The molecule has 0 radical (unpaired) electrons. The van der Waals surface area contributed by atoms with Crippen LogP contribution in [0, 0.1) is 25.7 Å². The molecule has 3 heteroatoms. The van der Waals surface area contributed by atoms with E-state index in [1.807, 2.05) is 26.0 Å². The molecule has 0 fully saturated rings. The van der Waals surface area contributed by atoms with E-state index in [-0.39, 0.29) is 0 Å². The molecule has 0 aromatic heterocycles. The van der Waals surface area contributed by atoms with E-state index in [4.69, 9.17) is 4.74 Å². The topological polar surface area (TPSA) is 35.5 Å². The number of rotatable bonds is 1. The Morgan fingerprint density at radius 2 is 1.75 bits per heavy atom. The van der Waals surface area contributed by atoms with Crippen molar-refractivity contribution >= 4 is 5.97 Å². The van der Waals surface area contributed by atoms with Gasteiger partial charge in [-0.2, -0.15) is 0 Å². The zero-order chi connectivity index (χ0) is 12.1. The van der Waals surface area contributed by atoms with Gasteiger partial charge < -0.3 is 9.47 Å². The Bertz CT molecular complexity index is 441.